The summed E-state index contributed by atoms with van der Waals surface area (Å²) in [7, 11) is 0. The second-order valence-electron chi connectivity index (χ2n) is 3.53. The van der Waals surface area contributed by atoms with Crippen molar-refractivity contribution < 1.29 is 0 Å². The maximum absolute atomic E-state index is 5.40. The molecule has 18 heavy (non-hydrogen) atoms. The number of fused-ring (bicyclic) bond motifs is 1. The molecule has 3 rings (SSSR count). The topological polar surface area (TPSA) is 81.1 Å². The Bertz CT molecular complexity index is 670. The van der Waals surface area contributed by atoms with Crippen LogP contribution in [-0.4, -0.2) is 24.9 Å². The van der Waals surface area contributed by atoms with Crippen molar-refractivity contribution in [1.29, 1.82) is 0 Å². The molecule has 0 spiro atoms. The highest BCUT2D eigenvalue weighted by Crippen LogP contribution is 2.25. The Labute approximate surface area is 111 Å². The Morgan fingerprint density at radius 1 is 1.33 bits per heavy atom. The van der Waals surface area contributed by atoms with Crippen molar-refractivity contribution >= 4 is 39.3 Å². The van der Waals surface area contributed by atoms with Crippen LogP contribution in [0.2, 0.25) is 0 Å². The third-order valence-corrected chi connectivity index (χ3v) is 3.35. The maximum Gasteiger partial charge on any atom is 0.234 e. The smallest absolute Gasteiger partial charge is 0.234 e. The molecule has 0 saturated heterocycles. The Balaban J connectivity index is 1.92. The van der Waals surface area contributed by atoms with Crippen molar-refractivity contribution in [2.75, 3.05) is 5.32 Å². The molecule has 0 aliphatic rings. The van der Waals surface area contributed by atoms with Crippen LogP contribution in [-0.2, 0) is 0 Å². The summed E-state index contributed by atoms with van der Waals surface area (Å²) in [5, 5.41) is 16.1. The van der Waals surface area contributed by atoms with Gasteiger partial charge in [-0.05, 0) is 36.5 Å². The quantitative estimate of drug-likeness (QED) is 0.690. The first-order valence-corrected chi connectivity index (χ1v) is 6.28. The Hall–Kier alpha value is -2.06. The highest BCUT2D eigenvalue weighted by atomic mass is 32.1. The molecule has 0 aliphatic carbocycles. The highest BCUT2D eigenvalue weighted by molar-refractivity contribution is 7.80. The second-order valence-corrected chi connectivity index (χ2v) is 4.93. The standard InChI is InChI=1S/C10H8N6S2/c11-9(17)13-7-3-1-6(2-4-7)8-15-16-5-12-14-10(16)18-8/h1-5H,(H3,11,13,17). The van der Waals surface area contributed by atoms with Crippen molar-refractivity contribution in [3.8, 4) is 10.6 Å². The molecule has 0 radical (unpaired) electrons. The number of anilines is 1. The Kier molecular flexibility index (Phi) is 2.65. The molecule has 3 N–H and O–H groups in total. The lowest BCUT2D eigenvalue weighted by Crippen LogP contribution is -2.18. The van der Waals surface area contributed by atoms with E-state index < -0.39 is 0 Å². The van der Waals surface area contributed by atoms with Crippen molar-refractivity contribution in [2.45, 2.75) is 0 Å². The lowest BCUT2D eigenvalue weighted by Gasteiger charge is -2.03. The fourth-order valence-electron chi connectivity index (χ4n) is 1.51. The van der Waals surface area contributed by atoms with Crippen molar-refractivity contribution in [3.05, 3.63) is 30.6 Å². The fraction of sp³-hybridized carbons (Fsp3) is 0. The molecule has 0 aliphatic heterocycles. The van der Waals surface area contributed by atoms with Crippen LogP contribution < -0.4 is 11.1 Å². The van der Waals surface area contributed by atoms with Gasteiger partial charge in [0.05, 0.1) is 0 Å². The van der Waals surface area contributed by atoms with Gasteiger partial charge in [0.15, 0.2) is 5.11 Å². The molecule has 3 aromatic rings. The number of nitrogens with one attached hydrogen (secondary N) is 1. The van der Waals surface area contributed by atoms with Crippen LogP contribution in [0.4, 0.5) is 5.69 Å². The van der Waals surface area contributed by atoms with Gasteiger partial charge in [-0.2, -0.15) is 9.61 Å². The van der Waals surface area contributed by atoms with Gasteiger partial charge in [-0.15, -0.1) is 10.2 Å². The number of thiocarbonyl (C=S) groups is 1. The predicted octanol–water partition coefficient (Wildman–Crippen LogP) is 1.51. The second kappa shape index (κ2) is 4.31. The lowest BCUT2D eigenvalue weighted by molar-refractivity contribution is 0.960. The van der Waals surface area contributed by atoms with Gasteiger partial charge in [-0.3, -0.25) is 0 Å². The van der Waals surface area contributed by atoms with Gasteiger partial charge in [0.2, 0.25) is 4.96 Å². The van der Waals surface area contributed by atoms with Crippen LogP contribution in [0.3, 0.4) is 0 Å². The summed E-state index contributed by atoms with van der Waals surface area (Å²) >= 11 is 6.26. The number of nitrogens with zero attached hydrogens (tertiary/aromatic N) is 4. The SMILES string of the molecule is NC(=S)Nc1ccc(-c2nn3cnnc3s2)cc1. The average molecular weight is 276 g/mol. The third kappa shape index (κ3) is 2.03. The van der Waals surface area contributed by atoms with E-state index in [4.69, 9.17) is 18.0 Å². The van der Waals surface area contributed by atoms with E-state index >= 15 is 0 Å². The molecule has 0 bridgehead atoms. The molecule has 0 unspecified atom stereocenters. The fourth-order valence-corrected chi connectivity index (χ4v) is 2.46. The third-order valence-electron chi connectivity index (χ3n) is 2.29. The van der Waals surface area contributed by atoms with E-state index in [1.165, 1.54) is 11.3 Å². The molecule has 2 heterocycles. The van der Waals surface area contributed by atoms with Gasteiger partial charge in [-0.1, -0.05) is 11.3 Å². The molecule has 1 aromatic carbocycles. The van der Waals surface area contributed by atoms with Crippen molar-refractivity contribution in [2.24, 2.45) is 5.73 Å². The van der Waals surface area contributed by atoms with E-state index in [0.717, 1.165) is 21.2 Å². The van der Waals surface area contributed by atoms with E-state index in [1.54, 1.807) is 10.8 Å². The minimum Gasteiger partial charge on any atom is -0.376 e. The predicted molar refractivity (Wildman–Crippen MR) is 74.5 cm³/mol. The summed E-state index contributed by atoms with van der Waals surface area (Å²) in [5.41, 5.74) is 7.27. The summed E-state index contributed by atoms with van der Waals surface area (Å²) in [6.45, 7) is 0. The number of hydrogen-bond donors (Lipinski definition) is 2. The molecular weight excluding hydrogens is 268 g/mol. The van der Waals surface area contributed by atoms with Gasteiger partial charge >= 0.3 is 0 Å². The highest BCUT2D eigenvalue weighted by Gasteiger charge is 2.07. The molecule has 0 fully saturated rings. The zero-order valence-electron chi connectivity index (χ0n) is 9.07. The first kappa shape index (κ1) is 11.1. The summed E-state index contributed by atoms with van der Waals surface area (Å²) in [4.78, 5) is 0.773. The van der Waals surface area contributed by atoms with E-state index in [-0.39, 0.29) is 5.11 Å². The van der Waals surface area contributed by atoms with E-state index in [0.29, 0.717) is 0 Å². The molecule has 0 amide bonds. The van der Waals surface area contributed by atoms with Crippen LogP contribution in [0.25, 0.3) is 15.5 Å². The molecule has 8 heteroatoms. The first-order chi connectivity index (χ1) is 8.72. The number of benzene rings is 1. The van der Waals surface area contributed by atoms with Gasteiger partial charge in [0.25, 0.3) is 0 Å². The van der Waals surface area contributed by atoms with Crippen LogP contribution in [0.1, 0.15) is 0 Å². The van der Waals surface area contributed by atoms with Gasteiger partial charge in [0.1, 0.15) is 11.3 Å². The minimum absolute atomic E-state index is 0.251. The molecular formula is C10H8N6S2. The molecule has 0 atom stereocenters. The number of hydrogen-bond acceptors (Lipinski definition) is 5. The van der Waals surface area contributed by atoms with E-state index in [9.17, 15) is 0 Å². The lowest BCUT2D eigenvalue weighted by atomic mass is 10.2. The number of nitrogens with two attached hydrogens (primary N) is 1. The minimum atomic E-state index is 0.251. The summed E-state index contributed by atoms with van der Waals surface area (Å²) in [6, 6.07) is 7.70. The summed E-state index contributed by atoms with van der Waals surface area (Å²) in [5.74, 6) is 0. The van der Waals surface area contributed by atoms with Gasteiger partial charge in [0, 0.05) is 11.3 Å². The van der Waals surface area contributed by atoms with Gasteiger partial charge in [-0.25, -0.2) is 0 Å². The largest absolute Gasteiger partial charge is 0.376 e. The summed E-state index contributed by atoms with van der Waals surface area (Å²) < 4.78 is 1.65. The molecule has 6 nitrogen and oxygen atoms in total. The van der Waals surface area contributed by atoms with E-state index in [2.05, 4.69) is 20.6 Å². The van der Waals surface area contributed by atoms with Crippen LogP contribution in [0.5, 0.6) is 0 Å². The molecule has 0 saturated carbocycles. The molecule has 90 valence electrons. The Morgan fingerprint density at radius 3 is 2.78 bits per heavy atom. The van der Waals surface area contributed by atoms with Crippen LogP contribution in [0, 0.1) is 0 Å². The van der Waals surface area contributed by atoms with Crippen LogP contribution >= 0.6 is 23.6 Å². The maximum atomic E-state index is 5.40. The van der Waals surface area contributed by atoms with Crippen molar-refractivity contribution in [1.82, 2.24) is 19.8 Å². The number of aromatic nitrogens is 4. The molecule has 2 aromatic heterocycles. The number of rotatable bonds is 2. The average Bonchev–Trinajstić information content (AvgIpc) is 2.89. The zero-order valence-corrected chi connectivity index (χ0v) is 10.7. The summed E-state index contributed by atoms with van der Waals surface area (Å²) in [6.07, 6.45) is 1.58. The van der Waals surface area contributed by atoms with Crippen LogP contribution in [0.15, 0.2) is 30.6 Å². The van der Waals surface area contributed by atoms with Gasteiger partial charge < -0.3 is 11.1 Å². The zero-order chi connectivity index (χ0) is 12.5. The monoisotopic (exact) mass is 276 g/mol. The van der Waals surface area contributed by atoms with E-state index in [1.807, 2.05) is 24.3 Å². The Morgan fingerprint density at radius 2 is 2.11 bits per heavy atom. The first-order valence-electron chi connectivity index (χ1n) is 5.06. The van der Waals surface area contributed by atoms with Crippen molar-refractivity contribution in [3.63, 3.8) is 0 Å². The normalized spacial score (nSPS) is 10.7.